The summed E-state index contributed by atoms with van der Waals surface area (Å²) in [6.45, 7) is 0. The standard InChI is InChI=1S/C70H42N2O2S2/c1-3-19-45(20-4-1)71-57-29-13-9-25-51(57)69(52-26-10-14-30-58(52)71)55-41-65(43-35-37-49-47-23-7-17-33-61(47)73-63(49)39-43)76-68(55)70(53-27-11-15-31-59(53)72(46-21-5-2-6-22-46)60-32-16-12-28-54(60)70)56-42-66(75-67(56)69)44-36-38-50-48-24-8-18-34-62(48)74-64(50)40-44/h1-42H. The molecule has 2 spiro atoms. The molecule has 2 aliphatic heterocycles. The minimum atomic E-state index is -0.764. The number of hydrogen-bond donors (Lipinski definition) is 0. The molecule has 10 aromatic carbocycles. The third-order valence-electron chi connectivity index (χ3n) is 16.5. The van der Waals surface area contributed by atoms with Crippen LogP contribution < -0.4 is 9.80 Å². The van der Waals surface area contributed by atoms with Crippen LogP contribution in [0.5, 0.6) is 0 Å². The van der Waals surface area contributed by atoms with Gasteiger partial charge in [-0.1, -0.05) is 158 Å². The minimum Gasteiger partial charge on any atom is -0.456 e. The Balaban J connectivity index is 1.04. The summed E-state index contributed by atoms with van der Waals surface area (Å²) < 4.78 is 13.3. The van der Waals surface area contributed by atoms with Crippen molar-refractivity contribution in [3.63, 3.8) is 0 Å². The van der Waals surface area contributed by atoms with E-state index >= 15 is 0 Å². The molecule has 0 atom stereocenters. The number of furan rings is 2. The first-order valence-electron chi connectivity index (χ1n) is 25.9. The molecule has 4 aromatic heterocycles. The lowest BCUT2D eigenvalue weighted by Gasteiger charge is -2.53. The second-order valence-electron chi connectivity index (χ2n) is 20.2. The van der Waals surface area contributed by atoms with E-state index in [0.717, 1.165) is 89.1 Å². The van der Waals surface area contributed by atoms with Crippen LogP contribution in [-0.4, -0.2) is 0 Å². The summed E-state index contributed by atoms with van der Waals surface area (Å²) in [5.41, 5.74) is 18.8. The van der Waals surface area contributed by atoms with Crippen LogP contribution in [0.2, 0.25) is 0 Å². The van der Waals surface area contributed by atoms with Gasteiger partial charge in [-0.2, -0.15) is 0 Å². The molecule has 14 aromatic rings. The Bertz CT molecular complexity index is 4250. The van der Waals surface area contributed by atoms with Gasteiger partial charge < -0.3 is 18.6 Å². The van der Waals surface area contributed by atoms with E-state index in [0.29, 0.717) is 0 Å². The van der Waals surface area contributed by atoms with E-state index in [1.54, 1.807) is 0 Å². The molecule has 0 radical (unpaired) electrons. The van der Waals surface area contributed by atoms with E-state index in [-0.39, 0.29) is 0 Å². The highest BCUT2D eigenvalue weighted by atomic mass is 32.1. The number of fused-ring (bicyclic) bond motifs is 20. The van der Waals surface area contributed by atoms with Crippen LogP contribution >= 0.6 is 22.7 Å². The van der Waals surface area contributed by atoms with E-state index in [2.05, 4.69) is 265 Å². The van der Waals surface area contributed by atoms with E-state index in [1.807, 2.05) is 22.7 Å². The van der Waals surface area contributed by atoms with Gasteiger partial charge in [-0.15, -0.1) is 22.7 Å². The van der Waals surface area contributed by atoms with Gasteiger partial charge in [-0.25, -0.2) is 0 Å². The number of hydrogen-bond acceptors (Lipinski definition) is 6. The van der Waals surface area contributed by atoms with Crippen molar-refractivity contribution >= 4 is 101 Å². The van der Waals surface area contributed by atoms with Gasteiger partial charge in [-0.3, -0.25) is 0 Å². The lowest BCUT2D eigenvalue weighted by molar-refractivity contribution is 0.634. The fourth-order valence-electron chi connectivity index (χ4n) is 13.5. The highest BCUT2D eigenvalue weighted by molar-refractivity contribution is 7.17. The number of thiophene rings is 2. The van der Waals surface area contributed by atoms with Gasteiger partial charge in [0.25, 0.3) is 0 Å². The largest absolute Gasteiger partial charge is 0.456 e. The van der Waals surface area contributed by atoms with E-state index < -0.39 is 10.8 Å². The van der Waals surface area contributed by atoms with Gasteiger partial charge in [0.2, 0.25) is 0 Å². The average Bonchev–Trinajstić information content (AvgIpc) is 4.45. The molecule has 0 fully saturated rings. The van der Waals surface area contributed by atoms with Crippen molar-refractivity contribution in [1.29, 1.82) is 0 Å². The van der Waals surface area contributed by atoms with Crippen LogP contribution in [0.4, 0.5) is 34.1 Å². The molecule has 76 heavy (non-hydrogen) atoms. The summed E-state index contributed by atoms with van der Waals surface area (Å²) in [6.07, 6.45) is 0. The summed E-state index contributed by atoms with van der Waals surface area (Å²) in [7, 11) is 0. The van der Waals surface area contributed by atoms with Gasteiger partial charge in [0, 0.05) is 52.4 Å². The van der Waals surface area contributed by atoms with Crippen molar-refractivity contribution in [3.8, 4) is 20.9 Å². The Morgan fingerprint density at radius 3 is 1.00 bits per heavy atom. The summed E-state index contributed by atoms with van der Waals surface area (Å²) in [6, 6.07) is 94.1. The summed E-state index contributed by atoms with van der Waals surface area (Å²) in [5, 5.41) is 4.50. The van der Waals surface area contributed by atoms with Crippen molar-refractivity contribution in [2.75, 3.05) is 9.80 Å². The fraction of sp³-hybridized carbons (Fsp3) is 0.0286. The number of para-hydroxylation sites is 8. The van der Waals surface area contributed by atoms with Crippen LogP contribution in [0, 0.1) is 0 Å². The van der Waals surface area contributed by atoms with E-state index in [4.69, 9.17) is 8.83 Å². The maximum absolute atomic E-state index is 6.66. The molecule has 17 rings (SSSR count). The molecule has 6 heteroatoms. The topological polar surface area (TPSA) is 32.8 Å². The predicted molar refractivity (Wildman–Crippen MR) is 314 cm³/mol. The molecule has 0 bridgehead atoms. The number of nitrogens with zero attached hydrogens (tertiary/aromatic N) is 2. The van der Waals surface area contributed by atoms with Crippen LogP contribution in [0.1, 0.15) is 43.1 Å². The second-order valence-corrected chi connectivity index (χ2v) is 22.3. The first-order valence-corrected chi connectivity index (χ1v) is 27.5. The number of anilines is 6. The van der Waals surface area contributed by atoms with Crippen molar-refractivity contribution in [2.45, 2.75) is 10.8 Å². The highest BCUT2D eigenvalue weighted by Gasteiger charge is 2.61. The Kier molecular flexibility index (Phi) is 8.70. The number of rotatable bonds is 4. The monoisotopic (exact) mass is 1010 g/mol. The quantitative estimate of drug-likeness (QED) is 0.176. The zero-order chi connectivity index (χ0) is 49.7. The lowest BCUT2D eigenvalue weighted by atomic mass is 9.53. The maximum Gasteiger partial charge on any atom is 0.136 e. The van der Waals surface area contributed by atoms with Crippen molar-refractivity contribution in [3.05, 3.63) is 298 Å². The molecule has 4 nitrogen and oxygen atoms in total. The average molecular weight is 1010 g/mol. The Morgan fingerprint density at radius 1 is 0.276 bits per heavy atom. The van der Waals surface area contributed by atoms with E-state index in [9.17, 15) is 0 Å². The summed E-state index contributed by atoms with van der Waals surface area (Å²) >= 11 is 3.87. The molecule has 0 N–H and O–H groups in total. The first kappa shape index (κ1) is 42.2. The maximum atomic E-state index is 6.66. The minimum absolute atomic E-state index is 0.764. The van der Waals surface area contributed by atoms with Gasteiger partial charge in [0.05, 0.1) is 33.6 Å². The predicted octanol–water partition coefficient (Wildman–Crippen LogP) is 19.6. The Hall–Kier alpha value is -9.20. The van der Waals surface area contributed by atoms with Crippen molar-refractivity contribution < 1.29 is 8.83 Å². The molecule has 6 heterocycles. The third kappa shape index (κ3) is 5.51. The van der Waals surface area contributed by atoms with Gasteiger partial charge >= 0.3 is 0 Å². The molecular weight excluding hydrogens is 965 g/mol. The molecular formula is C70H42N2O2S2. The first-order chi connectivity index (χ1) is 37.7. The Morgan fingerprint density at radius 2 is 0.605 bits per heavy atom. The SMILES string of the molecule is c1ccc(N2c3ccccc3C3(c4ccccc42)c2cc(-c4ccc5c(c4)oc4ccccc45)sc2C2(c4ccccc4N(c4ccccc4)c4ccccc42)c2cc(-c4ccc5c(c4)oc4ccccc45)sc23)cc1. The third-order valence-corrected chi connectivity index (χ3v) is 19.1. The molecule has 1 aliphatic carbocycles. The zero-order valence-corrected chi connectivity index (χ0v) is 42.4. The normalized spacial score (nSPS) is 14.5. The van der Waals surface area contributed by atoms with Crippen LogP contribution in [0.25, 0.3) is 64.8 Å². The van der Waals surface area contributed by atoms with Crippen LogP contribution in [0.3, 0.4) is 0 Å². The van der Waals surface area contributed by atoms with Crippen LogP contribution in [-0.2, 0) is 10.8 Å². The smallest absolute Gasteiger partial charge is 0.136 e. The fourth-order valence-corrected chi connectivity index (χ4v) is 16.3. The highest BCUT2D eigenvalue weighted by Crippen LogP contribution is 2.71. The summed E-state index contributed by atoms with van der Waals surface area (Å²) in [5.74, 6) is 0. The summed E-state index contributed by atoms with van der Waals surface area (Å²) in [4.78, 5) is 9.96. The molecule has 3 aliphatic rings. The van der Waals surface area contributed by atoms with Gasteiger partial charge in [0.15, 0.2) is 0 Å². The molecule has 0 saturated carbocycles. The van der Waals surface area contributed by atoms with Crippen molar-refractivity contribution in [2.24, 2.45) is 0 Å². The second kappa shape index (κ2) is 15.7. The number of benzene rings is 10. The molecule has 0 amide bonds. The molecule has 0 saturated heterocycles. The van der Waals surface area contributed by atoms with Crippen molar-refractivity contribution in [1.82, 2.24) is 0 Å². The van der Waals surface area contributed by atoms with Gasteiger partial charge in [-0.05, 0) is 142 Å². The molecule has 356 valence electrons. The van der Waals surface area contributed by atoms with Crippen LogP contribution in [0.15, 0.2) is 264 Å². The van der Waals surface area contributed by atoms with E-state index in [1.165, 1.54) is 52.9 Å². The molecule has 0 unspecified atom stereocenters. The Labute approximate surface area is 446 Å². The lowest BCUT2D eigenvalue weighted by Crippen LogP contribution is -2.47. The van der Waals surface area contributed by atoms with Gasteiger partial charge in [0.1, 0.15) is 22.3 Å². The zero-order valence-electron chi connectivity index (χ0n) is 40.8.